The molecule has 1 aliphatic rings. The molecule has 1 heterocycles. The average Bonchev–Trinajstić information content (AvgIpc) is 2.96. The number of carboxylic acid groups (broad SMARTS) is 1. The van der Waals surface area contributed by atoms with Crippen LogP contribution in [0.4, 0.5) is 0 Å². The minimum Gasteiger partial charge on any atom is -0.481 e. The van der Waals surface area contributed by atoms with Gasteiger partial charge in [-0.3, -0.25) is 9.89 Å². The van der Waals surface area contributed by atoms with Crippen LogP contribution in [0.5, 0.6) is 0 Å². The van der Waals surface area contributed by atoms with E-state index < -0.39 is 5.97 Å². The molecular formula is C12H11ClN2O2. The van der Waals surface area contributed by atoms with E-state index in [1.54, 1.807) is 0 Å². The van der Waals surface area contributed by atoms with Gasteiger partial charge in [-0.25, -0.2) is 0 Å². The van der Waals surface area contributed by atoms with Gasteiger partial charge in [0.1, 0.15) is 5.15 Å². The number of rotatable bonds is 3. The zero-order valence-corrected chi connectivity index (χ0v) is 9.79. The third kappa shape index (κ3) is 1.60. The normalized spacial score (nSPS) is 17.2. The number of carboxylic acids is 1. The number of aliphatic carboxylic acids is 1. The zero-order chi connectivity index (χ0) is 12.0. The molecule has 0 unspecified atom stereocenters. The quantitative estimate of drug-likeness (QED) is 0.880. The summed E-state index contributed by atoms with van der Waals surface area (Å²) in [7, 11) is 0. The minimum absolute atomic E-state index is 0.160. The van der Waals surface area contributed by atoms with E-state index in [1.807, 2.05) is 18.2 Å². The summed E-state index contributed by atoms with van der Waals surface area (Å²) in [5.74, 6) is -0.765. The number of hydrogen-bond acceptors (Lipinski definition) is 2. The molecule has 1 fully saturated rings. The van der Waals surface area contributed by atoms with Crippen molar-refractivity contribution >= 4 is 28.5 Å². The van der Waals surface area contributed by atoms with Crippen LogP contribution in [0.15, 0.2) is 18.2 Å². The monoisotopic (exact) mass is 250 g/mol. The van der Waals surface area contributed by atoms with Gasteiger partial charge in [0.15, 0.2) is 0 Å². The Bertz CT molecular complexity index is 602. The molecule has 17 heavy (non-hydrogen) atoms. The van der Waals surface area contributed by atoms with Crippen LogP contribution >= 0.6 is 11.6 Å². The van der Waals surface area contributed by atoms with Gasteiger partial charge in [0.25, 0.3) is 0 Å². The van der Waals surface area contributed by atoms with Crippen LogP contribution in [0.2, 0.25) is 5.15 Å². The molecule has 1 saturated carbocycles. The van der Waals surface area contributed by atoms with Crippen LogP contribution in [0.25, 0.3) is 10.9 Å². The third-order valence-corrected chi connectivity index (χ3v) is 3.72. The van der Waals surface area contributed by atoms with E-state index in [9.17, 15) is 4.79 Å². The second kappa shape index (κ2) is 3.47. The summed E-state index contributed by atoms with van der Waals surface area (Å²) >= 11 is 6.08. The molecule has 4 nitrogen and oxygen atoms in total. The summed E-state index contributed by atoms with van der Waals surface area (Å²) in [6.45, 7) is 0. The number of aromatic nitrogens is 2. The standard InChI is InChI=1S/C12H11ClN2O2/c13-11-10-7(2-1-3-8(10)14-15-11)12(4-5-12)6-9(16)17/h1-3H,4-6H2,(H,14,15)(H,16,17). The molecule has 0 atom stereocenters. The summed E-state index contributed by atoms with van der Waals surface area (Å²) in [5, 5.41) is 17.2. The predicted molar refractivity (Wildman–Crippen MR) is 64.3 cm³/mol. The fourth-order valence-electron chi connectivity index (χ4n) is 2.45. The van der Waals surface area contributed by atoms with Crippen molar-refractivity contribution in [2.24, 2.45) is 0 Å². The molecule has 0 aliphatic heterocycles. The van der Waals surface area contributed by atoms with Gasteiger partial charge < -0.3 is 5.11 Å². The van der Waals surface area contributed by atoms with E-state index in [0.29, 0.717) is 5.15 Å². The van der Waals surface area contributed by atoms with Crippen LogP contribution in [-0.4, -0.2) is 21.3 Å². The molecule has 0 bridgehead atoms. The van der Waals surface area contributed by atoms with Crippen molar-refractivity contribution < 1.29 is 9.90 Å². The van der Waals surface area contributed by atoms with Crippen LogP contribution in [-0.2, 0) is 10.2 Å². The topological polar surface area (TPSA) is 66.0 Å². The Kier molecular flexibility index (Phi) is 2.16. The van der Waals surface area contributed by atoms with Crippen molar-refractivity contribution in [1.82, 2.24) is 10.2 Å². The highest BCUT2D eigenvalue weighted by molar-refractivity contribution is 6.34. The average molecular weight is 251 g/mol. The Balaban J connectivity index is 2.17. The fourth-order valence-corrected chi connectivity index (χ4v) is 2.69. The molecular weight excluding hydrogens is 240 g/mol. The summed E-state index contributed by atoms with van der Waals surface area (Å²) in [6, 6.07) is 5.73. The molecule has 1 aliphatic carbocycles. The molecule has 0 spiro atoms. The molecule has 2 N–H and O–H groups in total. The summed E-state index contributed by atoms with van der Waals surface area (Å²) < 4.78 is 0. The maximum atomic E-state index is 10.9. The highest BCUT2D eigenvalue weighted by Crippen LogP contribution is 2.53. The van der Waals surface area contributed by atoms with E-state index in [1.165, 1.54) is 0 Å². The molecule has 1 aromatic carbocycles. The highest BCUT2D eigenvalue weighted by atomic mass is 35.5. The van der Waals surface area contributed by atoms with Crippen LogP contribution in [0, 0.1) is 0 Å². The zero-order valence-electron chi connectivity index (χ0n) is 9.03. The lowest BCUT2D eigenvalue weighted by molar-refractivity contribution is -0.137. The molecule has 88 valence electrons. The van der Waals surface area contributed by atoms with Crippen molar-refractivity contribution in [3.8, 4) is 0 Å². The van der Waals surface area contributed by atoms with Gasteiger partial charge in [-0.05, 0) is 24.5 Å². The van der Waals surface area contributed by atoms with Crippen molar-refractivity contribution in [3.63, 3.8) is 0 Å². The number of halogens is 1. The molecule has 5 heteroatoms. The van der Waals surface area contributed by atoms with Gasteiger partial charge in [-0.1, -0.05) is 23.7 Å². The number of nitrogens with zero attached hydrogens (tertiary/aromatic N) is 1. The molecule has 0 radical (unpaired) electrons. The Morgan fingerprint density at radius 1 is 1.53 bits per heavy atom. The van der Waals surface area contributed by atoms with E-state index in [2.05, 4.69) is 10.2 Å². The van der Waals surface area contributed by atoms with E-state index in [0.717, 1.165) is 29.3 Å². The van der Waals surface area contributed by atoms with Gasteiger partial charge >= 0.3 is 5.97 Å². The smallest absolute Gasteiger partial charge is 0.304 e. The second-order valence-corrected chi connectivity index (χ2v) is 4.97. The first-order chi connectivity index (χ1) is 8.12. The lowest BCUT2D eigenvalue weighted by atomic mass is 9.90. The summed E-state index contributed by atoms with van der Waals surface area (Å²) in [5.41, 5.74) is 1.57. The maximum absolute atomic E-state index is 10.9. The Hall–Kier alpha value is -1.55. The number of hydrogen-bond donors (Lipinski definition) is 2. The second-order valence-electron chi connectivity index (χ2n) is 4.59. The SMILES string of the molecule is O=C(O)CC1(c2cccc3n[nH]c(Cl)c23)CC1. The number of fused-ring (bicyclic) bond motifs is 1. The Morgan fingerprint density at radius 2 is 2.29 bits per heavy atom. The van der Waals surface area contributed by atoms with Gasteiger partial charge in [-0.15, -0.1) is 0 Å². The number of benzene rings is 1. The number of H-pyrrole nitrogens is 1. The van der Waals surface area contributed by atoms with Gasteiger partial charge in [0.05, 0.1) is 11.9 Å². The number of aromatic amines is 1. The van der Waals surface area contributed by atoms with Crippen LogP contribution in [0.3, 0.4) is 0 Å². The number of nitrogens with one attached hydrogen (secondary N) is 1. The molecule has 1 aromatic heterocycles. The highest BCUT2D eigenvalue weighted by Gasteiger charge is 2.47. The first-order valence-electron chi connectivity index (χ1n) is 5.47. The van der Waals surface area contributed by atoms with Crippen molar-refractivity contribution in [3.05, 3.63) is 28.9 Å². The van der Waals surface area contributed by atoms with E-state index >= 15 is 0 Å². The Labute approximate surface area is 103 Å². The van der Waals surface area contributed by atoms with Crippen molar-refractivity contribution in [2.75, 3.05) is 0 Å². The fraction of sp³-hybridized carbons (Fsp3) is 0.333. The van der Waals surface area contributed by atoms with Gasteiger partial charge in [0.2, 0.25) is 0 Å². The molecule has 0 saturated heterocycles. The van der Waals surface area contributed by atoms with Crippen LogP contribution in [0.1, 0.15) is 24.8 Å². The molecule has 0 amide bonds. The predicted octanol–water partition coefficient (Wildman–Crippen LogP) is 2.72. The summed E-state index contributed by atoms with van der Waals surface area (Å²) in [6.07, 6.45) is 1.97. The van der Waals surface area contributed by atoms with E-state index in [4.69, 9.17) is 16.7 Å². The first-order valence-corrected chi connectivity index (χ1v) is 5.85. The number of carbonyl (C=O) groups is 1. The molecule has 2 aromatic rings. The van der Waals surface area contributed by atoms with Crippen molar-refractivity contribution in [1.29, 1.82) is 0 Å². The van der Waals surface area contributed by atoms with Gasteiger partial charge in [-0.2, -0.15) is 5.10 Å². The first kappa shape index (κ1) is 10.6. The summed E-state index contributed by atoms with van der Waals surface area (Å²) in [4.78, 5) is 10.9. The van der Waals surface area contributed by atoms with Crippen molar-refractivity contribution in [2.45, 2.75) is 24.7 Å². The lowest BCUT2D eigenvalue weighted by Crippen LogP contribution is -2.13. The van der Waals surface area contributed by atoms with Crippen LogP contribution < -0.4 is 0 Å². The Morgan fingerprint density at radius 3 is 2.94 bits per heavy atom. The van der Waals surface area contributed by atoms with E-state index in [-0.39, 0.29) is 11.8 Å². The largest absolute Gasteiger partial charge is 0.481 e. The lowest BCUT2D eigenvalue weighted by Gasteiger charge is -2.14. The maximum Gasteiger partial charge on any atom is 0.304 e. The minimum atomic E-state index is -0.765. The molecule has 3 rings (SSSR count). The van der Waals surface area contributed by atoms with Gasteiger partial charge in [0, 0.05) is 10.8 Å². The third-order valence-electron chi connectivity index (χ3n) is 3.45.